The molecule has 21 heavy (non-hydrogen) atoms. The molecule has 1 aromatic carbocycles. The molecule has 0 spiro atoms. The maximum Gasteiger partial charge on any atom is 0.335 e. The lowest BCUT2D eigenvalue weighted by atomic mass is 10.1. The fourth-order valence-electron chi connectivity index (χ4n) is 2.05. The average molecular weight is 313 g/mol. The van der Waals surface area contributed by atoms with Crippen molar-refractivity contribution in [2.24, 2.45) is 5.92 Å². The van der Waals surface area contributed by atoms with Crippen molar-refractivity contribution >= 4 is 16.0 Å². The first kappa shape index (κ1) is 17.7. The molecule has 0 fully saturated rings. The van der Waals surface area contributed by atoms with Gasteiger partial charge in [-0.2, -0.15) is 0 Å². The van der Waals surface area contributed by atoms with Crippen molar-refractivity contribution in [2.75, 3.05) is 13.6 Å². The molecule has 0 aliphatic rings. The Hall–Kier alpha value is -1.40. The van der Waals surface area contributed by atoms with Gasteiger partial charge in [0.25, 0.3) is 0 Å². The standard InChI is InChI=1S/C15H23NO4S/c1-5-11(3)10-16(4)21(19,20)14-9-13(15(17)18)8-7-12(14)6-2/h7-9,11H,5-6,10H2,1-4H3,(H,17,18). The highest BCUT2D eigenvalue weighted by atomic mass is 32.2. The Kier molecular flexibility index (Phi) is 5.92. The Morgan fingerprint density at radius 3 is 2.43 bits per heavy atom. The van der Waals surface area contributed by atoms with Crippen molar-refractivity contribution in [2.45, 2.75) is 38.5 Å². The van der Waals surface area contributed by atoms with Gasteiger partial charge in [-0.1, -0.05) is 33.3 Å². The van der Waals surface area contributed by atoms with Crippen LogP contribution in [0.4, 0.5) is 0 Å². The van der Waals surface area contributed by atoms with Crippen LogP contribution in [0.2, 0.25) is 0 Å². The van der Waals surface area contributed by atoms with Crippen LogP contribution in [0.3, 0.4) is 0 Å². The van der Waals surface area contributed by atoms with Crippen molar-refractivity contribution in [3.05, 3.63) is 29.3 Å². The number of carbonyl (C=O) groups is 1. The predicted molar refractivity (Wildman–Crippen MR) is 82.1 cm³/mol. The van der Waals surface area contributed by atoms with Gasteiger partial charge in [0.2, 0.25) is 10.0 Å². The highest BCUT2D eigenvalue weighted by Crippen LogP contribution is 2.23. The molecule has 118 valence electrons. The molecule has 1 unspecified atom stereocenters. The summed E-state index contributed by atoms with van der Waals surface area (Å²) < 4.78 is 26.6. The van der Waals surface area contributed by atoms with Crippen LogP contribution in [0, 0.1) is 5.92 Å². The molecule has 1 N–H and O–H groups in total. The normalized spacial score (nSPS) is 13.4. The second-order valence-corrected chi connectivity index (χ2v) is 7.29. The quantitative estimate of drug-likeness (QED) is 0.839. The molecule has 0 radical (unpaired) electrons. The van der Waals surface area contributed by atoms with E-state index in [4.69, 9.17) is 5.11 Å². The van der Waals surface area contributed by atoms with Crippen molar-refractivity contribution in [1.82, 2.24) is 4.31 Å². The Bertz CT molecular complexity index is 610. The van der Waals surface area contributed by atoms with Crippen molar-refractivity contribution < 1.29 is 18.3 Å². The van der Waals surface area contributed by atoms with Crippen LogP contribution in [-0.4, -0.2) is 37.4 Å². The van der Waals surface area contributed by atoms with Gasteiger partial charge >= 0.3 is 5.97 Å². The van der Waals surface area contributed by atoms with E-state index in [1.165, 1.54) is 23.5 Å². The number of carboxylic acid groups (broad SMARTS) is 1. The molecule has 0 bridgehead atoms. The van der Waals surface area contributed by atoms with Crippen LogP contribution in [0.25, 0.3) is 0 Å². The Balaban J connectivity index is 3.28. The first-order valence-corrected chi connectivity index (χ1v) is 8.50. The predicted octanol–water partition coefficient (Wildman–Crippen LogP) is 2.61. The molecule has 0 heterocycles. The van der Waals surface area contributed by atoms with Gasteiger partial charge in [0.05, 0.1) is 10.5 Å². The van der Waals surface area contributed by atoms with Crippen LogP contribution in [0.15, 0.2) is 23.1 Å². The number of rotatable bonds is 7. The third kappa shape index (κ3) is 4.04. The summed E-state index contributed by atoms with van der Waals surface area (Å²) in [5, 5.41) is 9.05. The lowest BCUT2D eigenvalue weighted by Gasteiger charge is -2.22. The van der Waals surface area contributed by atoms with Gasteiger partial charge in [-0.15, -0.1) is 0 Å². The fourth-order valence-corrected chi connectivity index (χ4v) is 3.66. The molecule has 0 aliphatic heterocycles. The summed E-state index contributed by atoms with van der Waals surface area (Å²) in [6.45, 7) is 6.26. The Morgan fingerprint density at radius 1 is 1.33 bits per heavy atom. The Morgan fingerprint density at radius 2 is 1.95 bits per heavy atom. The topological polar surface area (TPSA) is 74.7 Å². The van der Waals surface area contributed by atoms with Crippen LogP contribution in [0.1, 0.15) is 43.1 Å². The second kappa shape index (κ2) is 7.04. The summed E-state index contributed by atoms with van der Waals surface area (Å²) in [6.07, 6.45) is 1.42. The van der Waals surface area contributed by atoms with Gasteiger partial charge in [0.1, 0.15) is 0 Å². The molecule has 5 nitrogen and oxygen atoms in total. The van der Waals surface area contributed by atoms with Crippen LogP contribution < -0.4 is 0 Å². The monoisotopic (exact) mass is 313 g/mol. The number of hydrogen-bond acceptors (Lipinski definition) is 3. The van der Waals surface area contributed by atoms with Gasteiger partial charge in [-0.3, -0.25) is 0 Å². The van der Waals surface area contributed by atoms with E-state index < -0.39 is 16.0 Å². The van der Waals surface area contributed by atoms with E-state index in [2.05, 4.69) is 0 Å². The minimum absolute atomic E-state index is 0.0114. The van der Waals surface area contributed by atoms with E-state index in [1.54, 1.807) is 6.07 Å². The lowest BCUT2D eigenvalue weighted by molar-refractivity contribution is 0.0696. The number of aryl methyl sites for hydroxylation is 1. The third-order valence-electron chi connectivity index (χ3n) is 3.65. The fraction of sp³-hybridized carbons (Fsp3) is 0.533. The van der Waals surface area contributed by atoms with E-state index in [0.717, 1.165) is 6.42 Å². The third-order valence-corrected chi connectivity index (χ3v) is 5.55. The van der Waals surface area contributed by atoms with Crippen LogP contribution in [0.5, 0.6) is 0 Å². The minimum Gasteiger partial charge on any atom is -0.478 e. The van der Waals surface area contributed by atoms with E-state index in [9.17, 15) is 13.2 Å². The van der Waals surface area contributed by atoms with Crippen LogP contribution >= 0.6 is 0 Å². The van der Waals surface area contributed by atoms with Gasteiger partial charge in [0, 0.05) is 13.6 Å². The minimum atomic E-state index is -3.67. The van der Waals surface area contributed by atoms with Crippen LogP contribution in [-0.2, 0) is 16.4 Å². The summed E-state index contributed by atoms with van der Waals surface area (Å²) in [6, 6.07) is 4.27. The molecule has 0 aromatic heterocycles. The lowest BCUT2D eigenvalue weighted by Crippen LogP contribution is -2.31. The summed E-state index contributed by atoms with van der Waals surface area (Å²) in [5.74, 6) is -0.879. The number of sulfonamides is 1. The summed E-state index contributed by atoms with van der Waals surface area (Å²) in [5.41, 5.74) is 0.624. The number of aromatic carboxylic acids is 1. The second-order valence-electron chi connectivity index (χ2n) is 5.28. The van der Waals surface area contributed by atoms with Crippen molar-refractivity contribution in [1.29, 1.82) is 0 Å². The zero-order chi connectivity index (χ0) is 16.2. The van der Waals surface area contributed by atoms with Gasteiger partial charge in [-0.25, -0.2) is 17.5 Å². The van der Waals surface area contributed by atoms with E-state index >= 15 is 0 Å². The van der Waals surface area contributed by atoms with Gasteiger partial charge in [-0.05, 0) is 30.0 Å². The molecule has 0 amide bonds. The largest absolute Gasteiger partial charge is 0.478 e. The maximum absolute atomic E-state index is 12.7. The molecule has 1 atom stereocenters. The summed E-state index contributed by atoms with van der Waals surface area (Å²) in [4.78, 5) is 11.2. The van der Waals surface area contributed by atoms with Gasteiger partial charge in [0.15, 0.2) is 0 Å². The van der Waals surface area contributed by atoms with Crippen molar-refractivity contribution in [3.63, 3.8) is 0 Å². The van der Waals surface area contributed by atoms with E-state index in [1.807, 2.05) is 20.8 Å². The van der Waals surface area contributed by atoms with E-state index in [0.29, 0.717) is 18.5 Å². The smallest absolute Gasteiger partial charge is 0.335 e. The van der Waals surface area contributed by atoms with E-state index in [-0.39, 0.29) is 16.4 Å². The molecule has 6 heteroatoms. The summed E-state index contributed by atoms with van der Waals surface area (Å²) >= 11 is 0. The summed E-state index contributed by atoms with van der Waals surface area (Å²) in [7, 11) is -2.14. The number of carboxylic acids is 1. The highest BCUT2D eigenvalue weighted by Gasteiger charge is 2.25. The molecule has 0 saturated carbocycles. The SMILES string of the molecule is CCc1ccc(C(=O)O)cc1S(=O)(=O)N(C)CC(C)CC. The number of nitrogens with zero attached hydrogens (tertiary/aromatic N) is 1. The van der Waals surface area contributed by atoms with Crippen molar-refractivity contribution in [3.8, 4) is 0 Å². The number of benzene rings is 1. The average Bonchev–Trinajstić information content (AvgIpc) is 2.45. The Labute approximate surface area is 126 Å². The highest BCUT2D eigenvalue weighted by molar-refractivity contribution is 7.89. The first-order chi connectivity index (χ1) is 9.73. The number of hydrogen-bond donors (Lipinski definition) is 1. The molecular weight excluding hydrogens is 290 g/mol. The maximum atomic E-state index is 12.7. The molecule has 0 aliphatic carbocycles. The zero-order valence-corrected chi connectivity index (χ0v) is 13.8. The zero-order valence-electron chi connectivity index (χ0n) is 13.0. The van der Waals surface area contributed by atoms with Gasteiger partial charge < -0.3 is 5.11 Å². The molecule has 0 saturated heterocycles. The first-order valence-electron chi connectivity index (χ1n) is 7.06. The molecular formula is C15H23NO4S. The molecule has 1 aromatic rings. The molecule has 1 rings (SSSR count).